The summed E-state index contributed by atoms with van der Waals surface area (Å²) in [6.45, 7) is 19.3. The first-order valence-corrected chi connectivity index (χ1v) is 29.4. The summed E-state index contributed by atoms with van der Waals surface area (Å²) in [5.41, 5.74) is 8.53. The Balaban J connectivity index is 1.06. The van der Waals surface area contributed by atoms with E-state index >= 15 is 13.6 Å². The number of likely N-dealkylation sites (tertiary alicyclic amines) is 1. The molecule has 9 rings (SSSR count). The van der Waals surface area contributed by atoms with Gasteiger partial charge in [0, 0.05) is 19.9 Å². The maximum absolute atomic E-state index is 15.3. The van der Waals surface area contributed by atoms with Crippen molar-refractivity contribution in [3.8, 4) is 22.4 Å². The van der Waals surface area contributed by atoms with E-state index in [0.717, 1.165) is 33.4 Å². The van der Waals surface area contributed by atoms with Crippen molar-refractivity contribution in [3.63, 3.8) is 0 Å². The number of nitrogens with zero attached hydrogens (tertiary/aromatic N) is 7. The Hall–Kier alpha value is -5.51. The first-order chi connectivity index (χ1) is 36.6. The monoisotopic (exact) mass is 1170 g/mol. The van der Waals surface area contributed by atoms with Gasteiger partial charge in [0.25, 0.3) is 0 Å². The number of methoxy groups -OCH3 is 1. The molecule has 0 radical (unpaired) electrons. The van der Waals surface area contributed by atoms with Crippen molar-refractivity contribution in [2.75, 3.05) is 67.1 Å². The summed E-state index contributed by atoms with van der Waals surface area (Å²) in [4.78, 5) is 83.3. The zero-order chi connectivity index (χ0) is 55.3. The number of urea groups is 1. The van der Waals surface area contributed by atoms with Crippen molar-refractivity contribution < 1.29 is 63.4 Å². The number of alkyl halides is 4. The summed E-state index contributed by atoms with van der Waals surface area (Å²) in [6.07, 6.45) is 2.75. The van der Waals surface area contributed by atoms with Crippen LogP contribution in [0.15, 0.2) is 67.4 Å². The fourth-order valence-electron chi connectivity index (χ4n) is 12.3. The van der Waals surface area contributed by atoms with E-state index in [4.69, 9.17) is 14.5 Å². The van der Waals surface area contributed by atoms with Crippen LogP contribution in [0.3, 0.4) is 0 Å². The molecule has 0 aliphatic carbocycles. The molecule has 6 bridgehead atoms. The minimum atomic E-state index is -2.82. The molecule has 2 N–H and O–H groups in total. The average Bonchev–Trinajstić information content (AvgIpc) is 4.13. The molecular formula is C58H75F2IN9O7-. The van der Waals surface area contributed by atoms with Gasteiger partial charge < -0.3 is 4.74 Å². The minimum absolute atomic E-state index is 0.0609. The number of carbonyl (C=O) groups excluding carboxylic acids is 5. The SMILES string of the molecule is C=CC(=O)N1CCN(C)C2(CCN(C(=O)N(C)[C@H](C(=O)NC3[I-][C@@]34Cc3cc(cc(C(F)F)c3)-c3ccc5c(c3)c(c(-c3cccnc3[C@H](C)OC)n5CC)CC(C)(C)COC(=O)[C@@H]3CCCN(N3)C4=O)C(C)C)CC2)C1. The molecule has 5 aliphatic heterocycles. The van der Waals surface area contributed by atoms with Crippen molar-refractivity contribution in [2.24, 2.45) is 11.3 Å². The number of aryl methyl sites for hydroxylation is 1. The van der Waals surface area contributed by atoms with Crippen LogP contribution >= 0.6 is 0 Å². The molecule has 7 heterocycles. The third-order valence-corrected chi connectivity index (χ3v) is 20.6. The molecule has 4 saturated heterocycles. The molecule has 416 valence electrons. The Labute approximate surface area is 461 Å². The molecule has 16 nitrogen and oxygen atoms in total. The van der Waals surface area contributed by atoms with Crippen molar-refractivity contribution in [3.05, 3.63) is 89.8 Å². The number of hydrogen-bond donors (Lipinski definition) is 2. The van der Waals surface area contributed by atoms with Gasteiger partial charge >= 0.3 is 392 Å². The summed E-state index contributed by atoms with van der Waals surface area (Å²) in [7, 11) is 5.35. The van der Waals surface area contributed by atoms with E-state index in [-0.39, 0.29) is 54.0 Å². The van der Waals surface area contributed by atoms with Crippen LogP contribution in [0.2, 0.25) is 0 Å². The summed E-state index contributed by atoms with van der Waals surface area (Å²) in [5, 5.41) is 5.62. The molecule has 2 spiro atoms. The van der Waals surface area contributed by atoms with Gasteiger partial charge in [-0.25, -0.2) is 0 Å². The number of rotatable bonds is 10. The third kappa shape index (κ3) is 11.0. The number of carbonyl (C=O) groups is 5. The van der Waals surface area contributed by atoms with Gasteiger partial charge in [0.1, 0.15) is 0 Å². The molecule has 0 saturated carbocycles. The second kappa shape index (κ2) is 22.3. The van der Waals surface area contributed by atoms with Gasteiger partial charge in [-0.1, -0.05) is 6.58 Å². The number of hydrogen-bond acceptors (Lipinski definition) is 10. The maximum atomic E-state index is 15.3. The molecule has 2 aromatic carbocycles. The molecule has 4 aromatic rings. The summed E-state index contributed by atoms with van der Waals surface area (Å²) in [5.74, 6) is -1.62. The van der Waals surface area contributed by atoms with Gasteiger partial charge in [0.2, 0.25) is 5.91 Å². The number of nitrogens with one attached hydrogen (secondary N) is 2. The molecule has 1 unspecified atom stereocenters. The molecule has 5 amide bonds. The Morgan fingerprint density at radius 3 is 2.45 bits per heavy atom. The van der Waals surface area contributed by atoms with E-state index in [0.29, 0.717) is 94.6 Å². The molecule has 2 aromatic heterocycles. The van der Waals surface area contributed by atoms with Crippen LogP contribution in [0.25, 0.3) is 33.3 Å². The van der Waals surface area contributed by atoms with E-state index in [9.17, 15) is 19.2 Å². The van der Waals surface area contributed by atoms with Gasteiger partial charge in [0.15, 0.2) is 0 Å². The van der Waals surface area contributed by atoms with Crippen LogP contribution in [0.1, 0.15) is 102 Å². The number of likely N-dealkylation sites (N-methyl/N-ethyl adjacent to an activating group) is 2. The number of pyridine rings is 1. The van der Waals surface area contributed by atoms with Crippen LogP contribution in [0.5, 0.6) is 0 Å². The number of piperazine rings is 1. The second-order valence-corrected chi connectivity index (χ2v) is 26.6. The number of amides is 5. The number of esters is 1. The van der Waals surface area contributed by atoms with Crippen molar-refractivity contribution in [1.29, 1.82) is 0 Å². The van der Waals surface area contributed by atoms with Gasteiger partial charge in [-0.15, -0.1) is 0 Å². The fourth-order valence-corrected chi connectivity index (χ4v) is 15.5. The van der Waals surface area contributed by atoms with Crippen LogP contribution < -0.4 is 31.9 Å². The quantitative estimate of drug-likeness (QED) is 0.0769. The summed E-state index contributed by atoms with van der Waals surface area (Å²) >= 11 is -1.16. The Morgan fingerprint density at radius 2 is 1.77 bits per heavy atom. The van der Waals surface area contributed by atoms with Crippen molar-refractivity contribution in [1.82, 2.24) is 44.9 Å². The molecule has 19 heteroatoms. The molecular weight excluding hydrogens is 1100 g/mol. The van der Waals surface area contributed by atoms with E-state index in [2.05, 4.69) is 60.7 Å². The van der Waals surface area contributed by atoms with E-state index in [1.165, 1.54) is 28.1 Å². The fraction of sp³-hybridized carbons (Fsp3) is 0.552. The van der Waals surface area contributed by atoms with Crippen LogP contribution in [-0.2, 0) is 48.0 Å². The first kappa shape index (κ1) is 56.2. The number of piperidine rings is 1. The predicted octanol–water partition coefficient (Wildman–Crippen LogP) is 4.35. The average molecular weight is 1180 g/mol. The van der Waals surface area contributed by atoms with Crippen molar-refractivity contribution >= 4 is 40.6 Å². The van der Waals surface area contributed by atoms with Gasteiger partial charge in [-0.05, 0) is 19.1 Å². The van der Waals surface area contributed by atoms with Crippen LogP contribution in [0, 0.1) is 11.3 Å². The normalized spacial score (nSPS) is 23.6. The second-order valence-electron chi connectivity index (χ2n) is 22.8. The Bertz CT molecular complexity index is 2940. The summed E-state index contributed by atoms with van der Waals surface area (Å²) < 4.78 is 42.8. The number of fused-ring (bicyclic) bond motifs is 6. The zero-order valence-corrected chi connectivity index (χ0v) is 48.1. The molecule has 77 heavy (non-hydrogen) atoms. The van der Waals surface area contributed by atoms with Gasteiger partial charge in [0.05, 0.1) is 6.10 Å². The van der Waals surface area contributed by atoms with Crippen LogP contribution in [-0.4, -0.2) is 156 Å². The van der Waals surface area contributed by atoms with Crippen LogP contribution in [0.4, 0.5) is 13.6 Å². The Kier molecular flexibility index (Phi) is 16.3. The molecule has 4 fully saturated rings. The topological polar surface area (TPSA) is 162 Å². The van der Waals surface area contributed by atoms with Crippen molar-refractivity contribution in [2.45, 2.75) is 124 Å². The standard InChI is InChI=1S/C58H75F2IN9O7/c1-11-46(71)68-26-25-65(8)57(33-68)19-23-67(24-20-57)55(75)66(9)48(35(3)4)51(72)63-53-58(61-53)31-37-27-39(29-40(28-37)50(59)60)38-17-18-45-42(30-38)43(49(69(45)12-2)41-15-13-21-62-47(41)36(5)76-10)32-56(6,7)34-77-52(73)44-16-14-22-70(64-44)54(58)74/h11,13,15,17-18,21,27-30,35-36,44,48,50,53,64H,1,12,14,16,19-20,22-26,31-34H2,2-10H3,(H,63,72)/q-1/t36-,44-,48-,53?,58-/m0/s1. The summed E-state index contributed by atoms with van der Waals surface area (Å²) in [6, 6.07) is 12.9. The van der Waals surface area contributed by atoms with E-state index in [1.807, 2.05) is 56.0 Å². The number of aromatic nitrogens is 2. The Morgan fingerprint density at radius 1 is 1.01 bits per heavy atom. The zero-order valence-electron chi connectivity index (χ0n) is 46.0. The van der Waals surface area contributed by atoms with E-state index in [1.54, 1.807) is 25.3 Å². The first-order valence-electron chi connectivity index (χ1n) is 27.0. The third-order valence-electron chi connectivity index (χ3n) is 16.7. The number of hydrazine groups is 1. The molecule has 5 aliphatic rings. The number of ether oxygens (including phenoxy) is 2. The number of halogens is 3. The van der Waals surface area contributed by atoms with Gasteiger partial charge in [-0.2, -0.15) is 0 Å². The van der Waals surface area contributed by atoms with Gasteiger partial charge in [-0.3, -0.25) is 9.78 Å². The molecule has 5 atom stereocenters. The predicted molar refractivity (Wildman–Crippen MR) is 286 cm³/mol. The number of benzene rings is 2. The number of cyclic esters (lactones) is 1. The van der Waals surface area contributed by atoms with E-state index < -0.39 is 64.5 Å².